The normalized spacial score (nSPS) is 10.3. The molecule has 0 N–H and O–H groups in total. The Morgan fingerprint density at radius 1 is 0.938 bits per heavy atom. The largest absolute Gasteiger partial charge is 1.00 e. The van der Waals surface area contributed by atoms with E-state index in [1.54, 1.807) is 0 Å². The lowest BCUT2D eigenvalue weighted by Crippen LogP contribution is -3.00. The minimum Gasteiger partial charge on any atom is -1.00 e. The predicted molar refractivity (Wildman–Crippen MR) is 64.8 cm³/mol. The number of fused-ring (bicyclic) bond motifs is 2. The standard InChI is InChI=1S/C13H9BrN.BrH/c14-12-5-4-10-8-13-3-1-2-6-15(13)9-11(10)7-12;/h1-9H;1H/q+1;/p-1. The molecular weight excluding hydrogens is 330 g/mol. The van der Waals surface area contributed by atoms with Gasteiger partial charge in [-0.25, -0.2) is 0 Å². The summed E-state index contributed by atoms with van der Waals surface area (Å²) in [5.74, 6) is 0. The van der Waals surface area contributed by atoms with Gasteiger partial charge in [0.1, 0.15) is 0 Å². The fraction of sp³-hybridized carbons (Fsp3) is 0. The second-order valence-electron chi connectivity index (χ2n) is 3.58. The van der Waals surface area contributed by atoms with Crippen LogP contribution in [0.1, 0.15) is 0 Å². The summed E-state index contributed by atoms with van der Waals surface area (Å²) in [5.41, 5.74) is 1.22. The zero-order valence-electron chi connectivity index (χ0n) is 8.40. The summed E-state index contributed by atoms with van der Waals surface area (Å²) in [6.07, 6.45) is 4.21. The third-order valence-corrected chi connectivity index (χ3v) is 3.05. The summed E-state index contributed by atoms with van der Waals surface area (Å²) in [6, 6.07) is 14.7. The fourth-order valence-electron chi connectivity index (χ4n) is 1.81. The number of halogens is 2. The summed E-state index contributed by atoms with van der Waals surface area (Å²) in [7, 11) is 0. The van der Waals surface area contributed by atoms with Crippen LogP contribution in [-0.4, -0.2) is 0 Å². The van der Waals surface area contributed by atoms with Crippen LogP contribution >= 0.6 is 15.9 Å². The van der Waals surface area contributed by atoms with Crippen LogP contribution in [0.4, 0.5) is 0 Å². The number of hydrogen-bond acceptors (Lipinski definition) is 0. The van der Waals surface area contributed by atoms with E-state index >= 15 is 0 Å². The molecule has 0 aliphatic rings. The first-order valence-electron chi connectivity index (χ1n) is 4.82. The van der Waals surface area contributed by atoms with Gasteiger partial charge in [-0.1, -0.05) is 22.0 Å². The summed E-state index contributed by atoms with van der Waals surface area (Å²) < 4.78 is 3.25. The molecule has 0 amide bonds. The Kier molecular flexibility index (Phi) is 3.26. The summed E-state index contributed by atoms with van der Waals surface area (Å²) >= 11 is 3.49. The lowest BCUT2D eigenvalue weighted by Gasteiger charge is -1.97. The van der Waals surface area contributed by atoms with Crippen molar-refractivity contribution in [3.05, 3.63) is 59.3 Å². The van der Waals surface area contributed by atoms with E-state index in [0.29, 0.717) is 0 Å². The van der Waals surface area contributed by atoms with E-state index < -0.39 is 0 Å². The maximum absolute atomic E-state index is 3.49. The van der Waals surface area contributed by atoms with E-state index in [9.17, 15) is 0 Å². The van der Waals surface area contributed by atoms with Crippen molar-refractivity contribution in [1.82, 2.24) is 0 Å². The van der Waals surface area contributed by atoms with Crippen LogP contribution in [0.2, 0.25) is 0 Å². The molecule has 3 rings (SSSR count). The van der Waals surface area contributed by atoms with E-state index in [0.717, 1.165) is 4.47 Å². The van der Waals surface area contributed by atoms with Gasteiger partial charge in [-0.2, -0.15) is 4.40 Å². The highest BCUT2D eigenvalue weighted by Crippen LogP contribution is 2.19. The quantitative estimate of drug-likeness (QED) is 0.411. The van der Waals surface area contributed by atoms with Gasteiger partial charge >= 0.3 is 0 Å². The summed E-state index contributed by atoms with van der Waals surface area (Å²) in [6.45, 7) is 0. The number of nitrogens with zero attached hydrogens (tertiary/aromatic N) is 1. The minimum atomic E-state index is 0. The van der Waals surface area contributed by atoms with Crippen LogP contribution in [0.3, 0.4) is 0 Å². The smallest absolute Gasteiger partial charge is 0.211 e. The minimum absolute atomic E-state index is 0. The molecule has 2 aromatic heterocycles. The van der Waals surface area contributed by atoms with Gasteiger partial charge in [-0.05, 0) is 23.6 Å². The van der Waals surface area contributed by atoms with Crippen LogP contribution in [0.5, 0.6) is 0 Å². The third-order valence-electron chi connectivity index (χ3n) is 2.55. The van der Waals surface area contributed by atoms with E-state index in [-0.39, 0.29) is 17.0 Å². The number of rotatable bonds is 0. The maximum Gasteiger partial charge on any atom is 0.211 e. The zero-order valence-corrected chi connectivity index (χ0v) is 11.6. The van der Waals surface area contributed by atoms with E-state index in [1.165, 1.54) is 16.3 Å². The molecule has 3 aromatic rings. The van der Waals surface area contributed by atoms with Gasteiger partial charge in [-0.3, -0.25) is 0 Å². The number of benzene rings is 1. The highest BCUT2D eigenvalue weighted by Gasteiger charge is 2.03. The Labute approximate surface area is 113 Å². The molecule has 0 saturated carbocycles. The molecule has 3 heteroatoms. The molecule has 0 aliphatic heterocycles. The van der Waals surface area contributed by atoms with Crippen molar-refractivity contribution in [2.75, 3.05) is 0 Å². The van der Waals surface area contributed by atoms with Crippen molar-refractivity contribution >= 4 is 32.2 Å². The SMILES string of the molecule is Brc1ccc2cc3cccc[n+]3cc2c1.[Br-]. The second kappa shape index (κ2) is 4.52. The van der Waals surface area contributed by atoms with Gasteiger partial charge in [0.2, 0.25) is 5.52 Å². The average molecular weight is 339 g/mol. The Bertz CT molecular complexity index is 650. The number of hydrogen-bond donors (Lipinski definition) is 0. The number of aromatic nitrogens is 1. The van der Waals surface area contributed by atoms with E-state index in [2.05, 4.69) is 69.1 Å². The molecule has 16 heavy (non-hydrogen) atoms. The average Bonchev–Trinajstić information content (AvgIpc) is 2.26. The first kappa shape index (κ1) is 11.6. The molecule has 0 fully saturated rings. The maximum atomic E-state index is 3.49. The predicted octanol–water partition coefficient (Wildman–Crippen LogP) is 0.345. The first-order valence-corrected chi connectivity index (χ1v) is 5.61. The van der Waals surface area contributed by atoms with Gasteiger partial charge in [0.15, 0.2) is 12.4 Å². The molecule has 80 valence electrons. The molecule has 0 atom stereocenters. The molecule has 1 aromatic carbocycles. The zero-order chi connectivity index (χ0) is 10.3. The Balaban J connectivity index is 0.000000963. The molecule has 0 bridgehead atoms. The van der Waals surface area contributed by atoms with Crippen LogP contribution in [-0.2, 0) is 0 Å². The Morgan fingerprint density at radius 3 is 2.69 bits per heavy atom. The van der Waals surface area contributed by atoms with Crippen molar-refractivity contribution < 1.29 is 21.4 Å². The lowest BCUT2D eigenvalue weighted by atomic mass is 10.1. The van der Waals surface area contributed by atoms with Gasteiger partial charge < -0.3 is 17.0 Å². The van der Waals surface area contributed by atoms with Crippen molar-refractivity contribution in [3.63, 3.8) is 0 Å². The van der Waals surface area contributed by atoms with Crippen molar-refractivity contribution in [3.8, 4) is 0 Å². The molecule has 0 unspecified atom stereocenters. The molecule has 1 nitrogen and oxygen atoms in total. The third kappa shape index (κ3) is 1.97. The van der Waals surface area contributed by atoms with Crippen LogP contribution in [0.15, 0.2) is 59.3 Å². The highest BCUT2D eigenvalue weighted by atomic mass is 79.9. The van der Waals surface area contributed by atoms with Gasteiger partial charge in [0.25, 0.3) is 0 Å². The Hall–Kier alpha value is -0.930. The van der Waals surface area contributed by atoms with Crippen LogP contribution < -0.4 is 21.4 Å². The van der Waals surface area contributed by atoms with Crippen LogP contribution in [0, 0.1) is 0 Å². The molecule has 0 radical (unpaired) electrons. The molecule has 0 spiro atoms. The fourth-order valence-corrected chi connectivity index (χ4v) is 2.19. The van der Waals surface area contributed by atoms with Crippen LogP contribution in [0.25, 0.3) is 16.3 Å². The van der Waals surface area contributed by atoms with E-state index in [4.69, 9.17) is 0 Å². The molecule has 0 aliphatic carbocycles. The monoisotopic (exact) mass is 337 g/mol. The lowest BCUT2D eigenvalue weighted by molar-refractivity contribution is -0.510. The van der Waals surface area contributed by atoms with Crippen molar-refractivity contribution in [1.29, 1.82) is 0 Å². The molecule has 0 saturated heterocycles. The van der Waals surface area contributed by atoms with Crippen molar-refractivity contribution in [2.24, 2.45) is 0 Å². The highest BCUT2D eigenvalue weighted by molar-refractivity contribution is 9.10. The number of pyridine rings is 2. The van der Waals surface area contributed by atoms with E-state index in [1.807, 2.05) is 6.07 Å². The van der Waals surface area contributed by atoms with Gasteiger partial charge in [-0.15, -0.1) is 0 Å². The molecular formula is C13H9Br2N. The topological polar surface area (TPSA) is 4.10 Å². The summed E-state index contributed by atoms with van der Waals surface area (Å²) in [4.78, 5) is 0. The van der Waals surface area contributed by atoms with Gasteiger partial charge in [0, 0.05) is 28.1 Å². The van der Waals surface area contributed by atoms with Gasteiger partial charge in [0.05, 0.1) is 0 Å². The summed E-state index contributed by atoms with van der Waals surface area (Å²) in [5, 5.41) is 2.51. The molecule has 2 heterocycles. The first-order chi connectivity index (χ1) is 7.33. The second-order valence-corrected chi connectivity index (χ2v) is 4.50. The van der Waals surface area contributed by atoms with Crippen molar-refractivity contribution in [2.45, 2.75) is 0 Å². The Morgan fingerprint density at radius 2 is 1.81 bits per heavy atom.